The number of H-pyrrole nitrogens is 1. The zero-order valence-electron chi connectivity index (χ0n) is 11.0. The van der Waals surface area contributed by atoms with Gasteiger partial charge in [0.25, 0.3) is 11.5 Å². The molecule has 2 N–H and O–H groups in total. The minimum Gasteiger partial charge on any atom is -0.497 e. The van der Waals surface area contributed by atoms with E-state index in [4.69, 9.17) is 9.47 Å². The summed E-state index contributed by atoms with van der Waals surface area (Å²) in [6.45, 7) is 0. The van der Waals surface area contributed by atoms with Gasteiger partial charge >= 0.3 is 0 Å². The minimum absolute atomic E-state index is 0.0784. The molecule has 0 aliphatic rings. The lowest BCUT2D eigenvalue weighted by Crippen LogP contribution is -2.23. The number of nitrogens with zero attached hydrogens (tertiary/aromatic N) is 1. The van der Waals surface area contributed by atoms with Crippen LogP contribution in [-0.2, 0) is 0 Å². The number of ether oxygens (including phenoxy) is 2. The monoisotopic (exact) mass is 275 g/mol. The number of carbonyl (C=O) groups excluding carboxylic acids is 1. The maximum absolute atomic E-state index is 12.0. The van der Waals surface area contributed by atoms with Gasteiger partial charge in [-0.15, -0.1) is 0 Å². The smallest absolute Gasteiger partial charge is 0.263 e. The van der Waals surface area contributed by atoms with Gasteiger partial charge in [0.2, 0.25) is 0 Å². The van der Waals surface area contributed by atoms with E-state index in [0.29, 0.717) is 17.2 Å². The molecule has 20 heavy (non-hydrogen) atoms. The van der Waals surface area contributed by atoms with Gasteiger partial charge in [-0.1, -0.05) is 0 Å². The zero-order chi connectivity index (χ0) is 14.5. The molecule has 2 aromatic rings. The topological polar surface area (TPSA) is 93.3 Å². The van der Waals surface area contributed by atoms with Crippen LogP contribution in [0.3, 0.4) is 0 Å². The Morgan fingerprint density at radius 3 is 2.75 bits per heavy atom. The molecule has 0 bridgehead atoms. The number of hydrogen-bond donors (Lipinski definition) is 2. The number of amides is 1. The maximum Gasteiger partial charge on any atom is 0.263 e. The van der Waals surface area contributed by atoms with E-state index in [1.807, 2.05) is 0 Å². The third-order valence-corrected chi connectivity index (χ3v) is 2.62. The van der Waals surface area contributed by atoms with Crippen molar-refractivity contribution in [3.8, 4) is 11.5 Å². The highest BCUT2D eigenvalue weighted by Gasteiger charge is 2.13. The summed E-state index contributed by atoms with van der Waals surface area (Å²) in [5, 5.41) is 2.59. The van der Waals surface area contributed by atoms with Crippen molar-refractivity contribution in [1.82, 2.24) is 9.97 Å². The third kappa shape index (κ3) is 2.77. The number of anilines is 1. The normalized spacial score (nSPS) is 9.90. The van der Waals surface area contributed by atoms with Gasteiger partial charge < -0.3 is 19.8 Å². The SMILES string of the molecule is COc1ccc(NC(=O)c2cnc[nH]c2=O)c(OC)c1. The Kier molecular flexibility index (Phi) is 3.99. The fraction of sp³-hybridized carbons (Fsp3) is 0.154. The van der Waals surface area contributed by atoms with Crippen molar-refractivity contribution < 1.29 is 14.3 Å². The molecule has 2 rings (SSSR count). The zero-order valence-corrected chi connectivity index (χ0v) is 11.0. The highest BCUT2D eigenvalue weighted by Crippen LogP contribution is 2.29. The summed E-state index contributed by atoms with van der Waals surface area (Å²) in [4.78, 5) is 29.5. The average Bonchev–Trinajstić information content (AvgIpc) is 2.48. The molecule has 0 saturated carbocycles. The second kappa shape index (κ2) is 5.87. The van der Waals surface area contributed by atoms with Gasteiger partial charge in [0.05, 0.1) is 26.2 Å². The third-order valence-electron chi connectivity index (χ3n) is 2.62. The molecule has 1 aromatic heterocycles. The molecule has 0 fully saturated rings. The van der Waals surface area contributed by atoms with Crippen LogP contribution in [0.5, 0.6) is 11.5 Å². The van der Waals surface area contributed by atoms with E-state index in [2.05, 4.69) is 15.3 Å². The first kappa shape index (κ1) is 13.6. The number of benzene rings is 1. The second-order valence-electron chi connectivity index (χ2n) is 3.81. The van der Waals surface area contributed by atoms with Crippen LogP contribution in [0.2, 0.25) is 0 Å². The van der Waals surface area contributed by atoms with Crippen molar-refractivity contribution in [2.45, 2.75) is 0 Å². The van der Waals surface area contributed by atoms with Crippen molar-refractivity contribution in [1.29, 1.82) is 0 Å². The Bertz CT molecular complexity index is 681. The van der Waals surface area contributed by atoms with Crippen molar-refractivity contribution in [2.24, 2.45) is 0 Å². The molecule has 0 aliphatic carbocycles. The summed E-state index contributed by atoms with van der Waals surface area (Å²) in [6.07, 6.45) is 2.41. The lowest BCUT2D eigenvalue weighted by Gasteiger charge is -2.11. The van der Waals surface area contributed by atoms with Crippen LogP contribution in [-0.4, -0.2) is 30.1 Å². The van der Waals surface area contributed by atoms with Gasteiger partial charge in [-0.3, -0.25) is 9.59 Å². The summed E-state index contributed by atoms with van der Waals surface area (Å²) in [6, 6.07) is 4.93. The van der Waals surface area contributed by atoms with Crippen molar-refractivity contribution in [3.63, 3.8) is 0 Å². The van der Waals surface area contributed by atoms with Gasteiger partial charge in [0.1, 0.15) is 17.1 Å². The highest BCUT2D eigenvalue weighted by molar-refractivity contribution is 6.04. The number of aromatic amines is 1. The highest BCUT2D eigenvalue weighted by atomic mass is 16.5. The number of aromatic nitrogens is 2. The van der Waals surface area contributed by atoms with Crippen LogP contribution in [0.4, 0.5) is 5.69 Å². The number of carbonyl (C=O) groups is 1. The van der Waals surface area contributed by atoms with E-state index in [1.165, 1.54) is 26.7 Å². The van der Waals surface area contributed by atoms with Crippen molar-refractivity contribution >= 4 is 11.6 Å². The van der Waals surface area contributed by atoms with E-state index >= 15 is 0 Å². The van der Waals surface area contributed by atoms with Crippen LogP contribution >= 0.6 is 0 Å². The molecule has 7 nitrogen and oxygen atoms in total. The number of nitrogens with one attached hydrogen (secondary N) is 2. The molecule has 0 radical (unpaired) electrons. The fourth-order valence-corrected chi connectivity index (χ4v) is 1.60. The van der Waals surface area contributed by atoms with Crippen LogP contribution in [0.1, 0.15) is 10.4 Å². The fourth-order valence-electron chi connectivity index (χ4n) is 1.60. The Morgan fingerprint density at radius 1 is 1.30 bits per heavy atom. The summed E-state index contributed by atoms with van der Waals surface area (Å²) < 4.78 is 10.2. The molecular formula is C13H13N3O4. The Labute approximate surface area is 114 Å². The average molecular weight is 275 g/mol. The summed E-state index contributed by atoms with van der Waals surface area (Å²) >= 11 is 0. The van der Waals surface area contributed by atoms with Gasteiger partial charge in [0.15, 0.2) is 0 Å². The predicted molar refractivity (Wildman–Crippen MR) is 72.4 cm³/mol. The van der Waals surface area contributed by atoms with Crippen LogP contribution in [0, 0.1) is 0 Å². The second-order valence-corrected chi connectivity index (χ2v) is 3.81. The molecule has 1 amide bonds. The van der Waals surface area contributed by atoms with E-state index in [-0.39, 0.29) is 5.56 Å². The van der Waals surface area contributed by atoms with E-state index in [1.54, 1.807) is 18.2 Å². The first-order valence-corrected chi connectivity index (χ1v) is 5.71. The van der Waals surface area contributed by atoms with Crippen LogP contribution < -0.4 is 20.3 Å². The molecule has 7 heteroatoms. The molecule has 0 aliphatic heterocycles. The largest absolute Gasteiger partial charge is 0.497 e. The first-order valence-electron chi connectivity index (χ1n) is 5.71. The number of rotatable bonds is 4. The van der Waals surface area contributed by atoms with Gasteiger partial charge in [-0.05, 0) is 12.1 Å². The van der Waals surface area contributed by atoms with Crippen LogP contribution in [0.25, 0.3) is 0 Å². The lowest BCUT2D eigenvalue weighted by atomic mass is 10.2. The molecule has 0 atom stereocenters. The quantitative estimate of drug-likeness (QED) is 0.869. The van der Waals surface area contributed by atoms with E-state index < -0.39 is 11.5 Å². The first-order chi connectivity index (χ1) is 9.65. The van der Waals surface area contributed by atoms with E-state index in [9.17, 15) is 9.59 Å². The molecule has 1 aromatic carbocycles. The van der Waals surface area contributed by atoms with Crippen molar-refractivity contribution in [2.75, 3.05) is 19.5 Å². The predicted octanol–water partition coefficient (Wildman–Crippen LogP) is 1.04. The standard InChI is InChI=1S/C13H13N3O4/c1-19-8-3-4-10(11(5-8)20-2)16-13(18)9-6-14-7-15-12(9)17/h3-7H,1-2H3,(H,16,18)(H,14,15,17). The van der Waals surface area contributed by atoms with E-state index in [0.717, 1.165) is 0 Å². The molecule has 1 heterocycles. The number of hydrogen-bond acceptors (Lipinski definition) is 5. The Hall–Kier alpha value is -2.83. The van der Waals surface area contributed by atoms with Gasteiger partial charge in [0, 0.05) is 12.3 Å². The van der Waals surface area contributed by atoms with Gasteiger partial charge in [-0.2, -0.15) is 0 Å². The van der Waals surface area contributed by atoms with Crippen molar-refractivity contribution in [3.05, 3.63) is 46.6 Å². The summed E-state index contributed by atoms with van der Waals surface area (Å²) in [5.74, 6) is 0.458. The molecular weight excluding hydrogens is 262 g/mol. The van der Waals surface area contributed by atoms with Gasteiger partial charge in [-0.25, -0.2) is 4.98 Å². The molecule has 0 spiro atoms. The molecule has 0 saturated heterocycles. The summed E-state index contributed by atoms with van der Waals surface area (Å²) in [5.41, 5.74) is -0.156. The molecule has 104 valence electrons. The summed E-state index contributed by atoms with van der Waals surface area (Å²) in [7, 11) is 3.00. The Balaban J connectivity index is 2.28. The molecule has 0 unspecified atom stereocenters. The number of methoxy groups -OCH3 is 2. The minimum atomic E-state index is -0.567. The Morgan fingerprint density at radius 2 is 2.10 bits per heavy atom. The maximum atomic E-state index is 12.0. The lowest BCUT2D eigenvalue weighted by molar-refractivity contribution is 0.102. The van der Waals surface area contributed by atoms with Crippen LogP contribution in [0.15, 0.2) is 35.5 Å².